The van der Waals surface area contributed by atoms with Crippen molar-refractivity contribution >= 4 is 34.4 Å². The highest BCUT2D eigenvalue weighted by Gasteiger charge is 2.18. The second-order valence-corrected chi connectivity index (χ2v) is 8.22. The van der Waals surface area contributed by atoms with Crippen LogP contribution >= 0.6 is 11.8 Å². The minimum Gasteiger partial charge on any atom is -0.369 e. The van der Waals surface area contributed by atoms with Crippen LogP contribution in [0.3, 0.4) is 0 Å². The Bertz CT molecular complexity index is 1250. The first kappa shape index (κ1) is 21.6. The SMILES string of the molecule is CSCC(CNc1cc(-c2cnc(C)nc2)ncn1)c1cccc2c(C(N)=O)ccnc12. The number of pyridine rings is 1. The van der Waals surface area contributed by atoms with Crippen molar-refractivity contribution in [3.63, 3.8) is 0 Å². The fourth-order valence-electron chi connectivity index (χ4n) is 3.57. The molecule has 0 bridgehead atoms. The lowest BCUT2D eigenvalue weighted by Crippen LogP contribution is -2.17. The molecule has 4 rings (SSSR count). The molecule has 32 heavy (non-hydrogen) atoms. The number of hydrogen-bond donors (Lipinski definition) is 2. The summed E-state index contributed by atoms with van der Waals surface area (Å²) in [5.41, 5.74) is 9.49. The molecule has 4 aromatic rings. The predicted octanol–water partition coefficient (Wildman–Crippen LogP) is 3.45. The number of rotatable bonds is 8. The van der Waals surface area contributed by atoms with Gasteiger partial charge in [0.15, 0.2) is 0 Å². The summed E-state index contributed by atoms with van der Waals surface area (Å²) in [4.78, 5) is 33.6. The minimum absolute atomic E-state index is 0.144. The molecule has 1 amide bonds. The number of primary amides is 1. The molecule has 1 atom stereocenters. The second-order valence-electron chi connectivity index (χ2n) is 7.31. The van der Waals surface area contributed by atoms with E-state index in [1.54, 1.807) is 36.4 Å². The summed E-state index contributed by atoms with van der Waals surface area (Å²) < 4.78 is 0. The van der Waals surface area contributed by atoms with E-state index in [2.05, 4.69) is 42.6 Å². The van der Waals surface area contributed by atoms with Gasteiger partial charge >= 0.3 is 0 Å². The van der Waals surface area contributed by atoms with E-state index in [9.17, 15) is 4.79 Å². The van der Waals surface area contributed by atoms with Gasteiger partial charge < -0.3 is 11.1 Å². The van der Waals surface area contributed by atoms with Gasteiger partial charge in [-0.15, -0.1) is 0 Å². The lowest BCUT2D eigenvalue weighted by Gasteiger charge is -2.19. The molecule has 162 valence electrons. The fraction of sp³-hybridized carbons (Fsp3) is 0.217. The Labute approximate surface area is 190 Å². The number of thioether (sulfide) groups is 1. The molecule has 3 aromatic heterocycles. The smallest absolute Gasteiger partial charge is 0.249 e. The van der Waals surface area contributed by atoms with Crippen molar-refractivity contribution in [2.24, 2.45) is 5.73 Å². The Morgan fingerprint density at radius 2 is 1.94 bits per heavy atom. The summed E-state index contributed by atoms with van der Waals surface area (Å²) in [7, 11) is 0. The number of amides is 1. The summed E-state index contributed by atoms with van der Waals surface area (Å²) in [6.45, 7) is 2.49. The number of benzene rings is 1. The zero-order valence-electron chi connectivity index (χ0n) is 17.8. The summed E-state index contributed by atoms with van der Waals surface area (Å²) in [6.07, 6.45) is 8.74. The first-order valence-electron chi connectivity index (χ1n) is 10.1. The van der Waals surface area contributed by atoms with Crippen molar-refractivity contribution in [1.29, 1.82) is 0 Å². The van der Waals surface area contributed by atoms with Crippen LogP contribution in [-0.4, -0.2) is 49.4 Å². The van der Waals surface area contributed by atoms with Gasteiger partial charge in [-0.1, -0.05) is 18.2 Å². The molecule has 1 aromatic carbocycles. The van der Waals surface area contributed by atoms with E-state index in [0.717, 1.165) is 33.5 Å². The molecule has 0 aliphatic heterocycles. The van der Waals surface area contributed by atoms with Crippen LogP contribution in [0, 0.1) is 6.92 Å². The van der Waals surface area contributed by atoms with Gasteiger partial charge in [-0.25, -0.2) is 19.9 Å². The van der Waals surface area contributed by atoms with Crippen LogP contribution < -0.4 is 11.1 Å². The van der Waals surface area contributed by atoms with Gasteiger partial charge in [0.25, 0.3) is 0 Å². The number of nitrogens with two attached hydrogens (primary N) is 1. The number of hydrogen-bond acceptors (Lipinski definition) is 8. The monoisotopic (exact) mass is 445 g/mol. The summed E-state index contributed by atoms with van der Waals surface area (Å²) in [6, 6.07) is 9.43. The molecule has 0 saturated heterocycles. The first-order valence-corrected chi connectivity index (χ1v) is 11.5. The van der Waals surface area contributed by atoms with Crippen molar-refractivity contribution in [3.05, 3.63) is 72.2 Å². The zero-order valence-corrected chi connectivity index (χ0v) is 18.6. The summed E-state index contributed by atoms with van der Waals surface area (Å²) in [5.74, 6) is 1.99. The Morgan fingerprint density at radius 1 is 1.12 bits per heavy atom. The molecule has 1 unspecified atom stereocenters. The van der Waals surface area contributed by atoms with Gasteiger partial charge in [-0.3, -0.25) is 9.78 Å². The number of aryl methyl sites for hydroxylation is 1. The number of aromatic nitrogens is 5. The number of carbonyl (C=O) groups excluding carboxylic acids is 1. The Morgan fingerprint density at radius 3 is 2.69 bits per heavy atom. The van der Waals surface area contributed by atoms with E-state index >= 15 is 0 Å². The van der Waals surface area contributed by atoms with Crippen molar-refractivity contribution in [3.8, 4) is 11.3 Å². The van der Waals surface area contributed by atoms with Gasteiger partial charge in [-0.2, -0.15) is 11.8 Å². The lowest BCUT2D eigenvalue weighted by atomic mass is 9.96. The fourth-order valence-corrected chi connectivity index (χ4v) is 4.27. The molecule has 0 fully saturated rings. The maximum Gasteiger partial charge on any atom is 0.249 e. The zero-order chi connectivity index (χ0) is 22.5. The van der Waals surface area contributed by atoms with Gasteiger partial charge in [0.2, 0.25) is 5.91 Å². The highest BCUT2D eigenvalue weighted by molar-refractivity contribution is 7.98. The molecular formula is C23H23N7OS. The number of anilines is 1. The molecule has 0 saturated carbocycles. The van der Waals surface area contributed by atoms with E-state index in [4.69, 9.17) is 5.73 Å². The summed E-state index contributed by atoms with van der Waals surface area (Å²) >= 11 is 1.75. The molecule has 8 nitrogen and oxygen atoms in total. The van der Waals surface area contributed by atoms with E-state index in [0.29, 0.717) is 23.8 Å². The molecule has 0 spiro atoms. The normalized spacial score (nSPS) is 11.9. The third-order valence-electron chi connectivity index (χ3n) is 5.15. The number of nitrogens with one attached hydrogen (secondary N) is 1. The van der Waals surface area contributed by atoms with E-state index in [1.807, 2.05) is 25.1 Å². The third-order valence-corrected chi connectivity index (χ3v) is 5.88. The quantitative estimate of drug-likeness (QED) is 0.423. The van der Waals surface area contributed by atoms with Crippen LogP contribution in [0.2, 0.25) is 0 Å². The van der Waals surface area contributed by atoms with Gasteiger partial charge in [-0.05, 0) is 24.8 Å². The maximum absolute atomic E-state index is 11.9. The van der Waals surface area contributed by atoms with Crippen LogP contribution in [0.4, 0.5) is 5.82 Å². The number of fused-ring (bicyclic) bond motifs is 1. The van der Waals surface area contributed by atoms with E-state index < -0.39 is 5.91 Å². The van der Waals surface area contributed by atoms with Crippen molar-refractivity contribution < 1.29 is 4.79 Å². The van der Waals surface area contributed by atoms with E-state index in [-0.39, 0.29) is 5.92 Å². The predicted molar refractivity (Wildman–Crippen MR) is 128 cm³/mol. The van der Waals surface area contributed by atoms with Crippen LogP contribution in [-0.2, 0) is 0 Å². The summed E-state index contributed by atoms with van der Waals surface area (Å²) in [5, 5.41) is 4.20. The highest BCUT2D eigenvalue weighted by atomic mass is 32.2. The van der Waals surface area contributed by atoms with E-state index in [1.165, 1.54) is 6.33 Å². The Hall–Kier alpha value is -3.59. The topological polar surface area (TPSA) is 120 Å². The van der Waals surface area contributed by atoms with Crippen LogP contribution in [0.1, 0.15) is 27.7 Å². The Kier molecular flexibility index (Phi) is 6.55. The van der Waals surface area contributed by atoms with Crippen molar-refractivity contribution in [1.82, 2.24) is 24.9 Å². The standard InChI is InChI=1S/C23H23N7OS/c1-14-26-9-15(10-27-14)20-8-21(30-13-29-20)28-11-16(12-32-2)17-4-3-5-18-19(23(24)31)6-7-25-22(17)18/h3-10,13,16H,11-12H2,1-2H3,(H2,24,31)(H,28,29,30). The molecule has 0 radical (unpaired) electrons. The molecule has 3 N–H and O–H groups in total. The molecule has 0 aliphatic carbocycles. The van der Waals surface area contributed by atoms with Crippen LogP contribution in [0.15, 0.2) is 55.2 Å². The van der Waals surface area contributed by atoms with Crippen LogP contribution in [0.5, 0.6) is 0 Å². The Balaban J connectivity index is 1.60. The van der Waals surface area contributed by atoms with Crippen molar-refractivity contribution in [2.45, 2.75) is 12.8 Å². The number of para-hydroxylation sites is 1. The van der Waals surface area contributed by atoms with Crippen molar-refractivity contribution in [2.75, 3.05) is 23.9 Å². The highest BCUT2D eigenvalue weighted by Crippen LogP contribution is 2.29. The largest absolute Gasteiger partial charge is 0.369 e. The first-order chi connectivity index (χ1) is 15.6. The third kappa shape index (κ3) is 4.67. The molecule has 3 heterocycles. The van der Waals surface area contributed by atoms with Gasteiger partial charge in [0, 0.05) is 53.8 Å². The second kappa shape index (κ2) is 9.69. The number of carbonyl (C=O) groups is 1. The molecule has 0 aliphatic rings. The average Bonchev–Trinajstić information content (AvgIpc) is 2.81. The minimum atomic E-state index is -0.456. The lowest BCUT2D eigenvalue weighted by molar-refractivity contribution is 0.100. The average molecular weight is 446 g/mol. The van der Waals surface area contributed by atoms with Crippen LogP contribution in [0.25, 0.3) is 22.2 Å². The van der Waals surface area contributed by atoms with Gasteiger partial charge in [0.05, 0.1) is 16.8 Å². The maximum atomic E-state index is 11.9. The molecule has 9 heteroatoms. The van der Waals surface area contributed by atoms with Gasteiger partial charge in [0.1, 0.15) is 18.0 Å². The molecular weight excluding hydrogens is 422 g/mol. The number of nitrogens with zero attached hydrogens (tertiary/aromatic N) is 5.